The van der Waals surface area contributed by atoms with Gasteiger partial charge in [0.15, 0.2) is 0 Å². The minimum atomic E-state index is -1.10. The summed E-state index contributed by atoms with van der Waals surface area (Å²) in [6.07, 6.45) is 2.52. The van der Waals surface area contributed by atoms with Crippen LogP contribution in [0.3, 0.4) is 0 Å². The number of carboxylic acids is 1. The Balaban J connectivity index is 2.80. The maximum atomic E-state index is 12.1. The van der Waals surface area contributed by atoms with Crippen molar-refractivity contribution in [1.82, 2.24) is 5.32 Å². The summed E-state index contributed by atoms with van der Waals surface area (Å²) < 4.78 is 0. The summed E-state index contributed by atoms with van der Waals surface area (Å²) in [7, 11) is 0. The first-order valence-electron chi connectivity index (χ1n) is 6.99. The Morgan fingerprint density at radius 1 is 1.19 bits per heavy atom. The third kappa shape index (κ3) is 4.36. The Morgan fingerprint density at radius 2 is 1.76 bits per heavy atom. The van der Waals surface area contributed by atoms with Gasteiger partial charge in [-0.15, -0.1) is 0 Å². The van der Waals surface area contributed by atoms with Crippen molar-refractivity contribution >= 4 is 29.3 Å². The molecule has 2 amide bonds. The Hall–Kier alpha value is -1.75. The second-order valence-corrected chi connectivity index (χ2v) is 5.33. The molecule has 0 spiro atoms. The molecule has 0 heterocycles. The highest BCUT2D eigenvalue weighted by molar-refractivity contribution is 6.33. The van der Waals surface area contributed by atoms with E-state index in [1.165, 1.54) is 18.2 Å². The third-order valence-electron chi connectivity index (χ3n) is 3.87. The fraction of sp³-hybridized carbons (Fsp3) is 0.467. The second kappa shape index (κ2) is 7.31. The molecule has 3 N–H and O–H groups in total. The average Bonchev–Trinajstić information content (AvgIpc) is 2.44. The summed E-state index contributed by atoms with van der Waals surface area (Å²) in [5, 5.41) is 14.6. The van der Waals surface area contributed by atoms with Gasteiger partial charge in [-0.3, -0.25) is 0 Å². The Bertz CT molecular complexity index is 519. The van der Waals surface area contributed by atoms with Crippen LogP contribution < -0.4 is 10.6 Å². The van der Waals surface area contributed by atoms with Crippen molar-refractivity contribution in [2.75, 3.05) is 5.32 Å². The van der Waals surface area contributed by atoms with E-state index in [0.29, 0.717) is 5.69 Å². The van der Waals surface area contributed by atoms with Crippen LogP contribution in [0.4, 0.5) is 10.5 Å². The molecule has 0 aliphatic carbocycles. The highest BCUT2D eigenvalue weighted by atomic mass is 35.5. The summed E-state index contributed by atoms with van der Waals surface area (Å²) in [6.45, 7) is 6.10. The highest BCUT2D eigenvalue weighted by Gasteiger charge is 2.25. The van der Waals surface area contributed by atoms with Gasteiger partial charge in [-0.1, -0.05) is 32.4 Å². The number of benzene rings is 1. The number of amides is 2. The van der Waals surface area contributed by atoms with Gasteiger partial charge in [-0.05, 0) is 37.5 Å². The molecule has 1 aromatic rings. The average molecular weight is 313 g/mol. The maximum Gasteiger partial charge on any atom is 0.337 e. The number of aromatic carboxylic acids is 1. The van der Waals surface area contributed by atoms with Crippen molar-refractivity contribution in [2.24, 2.45) is 0 Å². The smallest absolute Gasteiger partial charge is 0.337 e. The van der Waals surface area contributed by atoms with E-state index in [1.54, 1.807) is 0 Å². The van der Waals surface area contributed by atoms with Crippen LogP contribution >= 0.6 is 11.6 Å². The minimum Gasteiger partial charge on any atom is -0.478 e. The van der Waals surface area contributed by atoms with Gasteiger partial charge in [-0.25, -0.2) is 9.59 Å². The number of carbonyl (C=O) groups is 2. The van der Waals surface area contributed by atoms with Crippen molar-refractivity contribution in [2.45, 2.75) is 45.6 Å². The van der Waals surface area contributed by atoms with Gasteiger partial charge in [0.2, 0.25) is 0 Å². The first-order valence-corrected chi connectivity index (χ1v) is 7.37. The molecule has 0 aromatic heterocycles. The van der Waals surface area contributed by atoms with Gasteiger partial charge in [0.25, 0.3) is 0 Å². The van der Waals surface area contributed by atoms with E-state index >= 15 is 0 Å². The minimum absolute atomic E-state index is 0.00708. The fourth-order valence-corrected chi connectivity index (χ4v) is 2.45. The van der Waals surface area contributed by atoms with Crippen molar-refractivity contribution in [1.29, 1.82) is 0 Å². The summed E-state index contributed by atoms with van der Waals surface area (Å²) >= 11 is 5.87. The topological polar surface area (TPSA) is 78.4 Å². The molecule has 0 saturated carbocycles. The van der Waals surface area contributed by atoms with Gasteiger partial charge in [0.1, 0.15) is 0 Å². The lowest BCUT2D eigenvalue weighted by Crippen LogP contribution is -2.48. The molecule has 0 aliphatic rings. The molecule has 0 atom stereocenters. The van der Waals surface area contributed by atoms with E-state index in [9.17, 15) is 9.59 Å². The number of halogens is 1. The molecular formula is C15H21ClN2O3. The Morgan fingerprint density at radius 3 is 2.19 bits per heavy atom. The van der Waals surface area contributed by atoms with Crippen LogP contribution in [-0.4, -0.2) is 22.6 Å². The fourth-order valence-electron chi connectivity index (χ4n) is 2.18. The van der Waals surface area contributed by atoms with E-state index in [2.05, 4.69) is 10.6 Å². The van der Waals surface area contributed by atoms with Crippen LogP contribution in [0.5, 0.6) is 0 Å². The number of urea groups is 1. The zero-order valence-corrected chi connectivity index (χ0v) is 13.3. The number of rotatable bonds is 6. The van der Waals surface area contributed by atoms with Crippen molar-refractivity contribution in [3.05, 3.63) is 28.8 Å². The predicted molar refractivity (Wildman–Crippen MR) is 84.2 cm³/mol. The summed E-state index contributed by atoms with van der Waals surface area (Å²) in [6, 6.07) is 3.99. The van der Waals surface area contributed by atoms with Crippen LogP contribution in [-0.2, 0) is 0 Å². The first-order chi connectivity index (χ1) is 9.87. The quantitative estimate of drug-likeness (QED) is 0.739. The normalized spacial score (nSPS) is 11.0. The molecule has 0 bridgehead atoms. The third-order valence-corrected chi connectivity index (χ3v) is 4.18. The van der Waals surface area contributed by atoms with Crippen LogP contribution in [0, 0.1) is 0 Å². The molecule has 0 unspecified atom stereocenters. The lowest BCUT2D eigenvalue weighted by Gasteiger charge is -2.31. The molecule has 0 fully saturated rings. The number of anilines is 1. The van der Waals surface area contributed by atoms with Crippen molar-refractivity contribution in [3.8, 4) is 0 Å². The van der Waals surface area contributed by atoms with E-state index in [0.717, 1.165) is 19.3 Å². The number of nitrogens with one attached hydrogen (secondary N) is 2. The first kappa shape index (κ1) is 17.3. The lowest BCUT2D eigenvalue weighted by molar-refractivity contribution is 0.0697. The van der Waals surface area contributed by atoms with Crippen LogP contribution in [0.2, 0.25) is 5.02 Å². The molecule has 0 radical (unpaired) electrons. The molecule has 5 nitrogen and oxygen atoms in total. The van der Waals surface area contributed by atoms with E-state index < -0.39 is 5.97 Å². The Labute approximate surface area is 129 Å². The molecule has 116 valence electrons. The number of carboxylic acid groups (broad SMARTS) is 1. The molecule has 0 saturated heterocycles. The van der Waals surface area contributed by atoms with Gasteiger partial charge >= 0.3 is 12.0 Å². The molecule has 1 rings (SSSR count). The van der Waals surface area contributed by atoms with E-state index in [4.69, 9.17) is 16.7 Å². The van der Waals surface area contributed by atoms with Crippen molar-refractivity contribution < 1.29 is 14.7 Å². The zero-order valence-electron chi connectivity index (χ0n) is 12.5. The number of carbonyl (C=O) groups excluding carboxylic acids is 1. The Kier molecular flexibility index (Phi) is 6.03. The number of hydrogen-bond donors (Lipinski definition) is 3. The standard InChI is InChI=1S/C15H21ClN2O3/c1-4-15(5-2,6-3)18-14(21)17-10-7-8-11(13(19)20)12(16)9-10/h7-9H,4-6H2,1-3H3,(H,19,20)(H2,17,18,21). The number of hydrogen-bond acceptors (Lipinski definition) is 2. The SMILES string of the molecule is CCC(CC)(CC)NC(=O)Nc1ccc(C(=O)O)c(Cl)c1. The molecule has 21 heavy (non-hydrogen) atoms. The van der Waals surface area contributed by atoms with E-state index in [1.807, 2.05) is 20.8 Å². The van der Waals surface area contributed by atoms with Gasteiger partial charge < -0.3 is 15.7 Å². The van der Waals surface area contributed by atoms with Gasteiger partial charge in [-0.2, -0.15) is 0 Å². The largest absolute Gasteiger partial charge is 0.478 e. The molecule has 0 aliphatic heterocycles. The second-order valence-electron chi connectivity index (χ2n) is 4.92. The van der Waals surface area contributed by atoms with Gasteiger partial charge in [0.05, 0.1) is 10.6 Å². The molecular weight excluding hydrogens is 292 g/mol. The van der Waals surface area contributed by atoms with Gasteiger partial charge in [0, 0.05) is 11.2 Å². The molecule has 6 heteroatoms. The molecule has 1 aromatic carbocycles. The summed E-state index contributed by atoms with van der Waals surface area (Å²) in [5.74, 6) is -1.10. The van der Waals surface area contributed by atoms with Crippen LogP contribution in [0.25, 0.3) is 0 Å². The predicted octanol–water partition coefficient (Wildman–Crippen LogP) is 4.13. The van der Waals surface area contributed by atoms with Crippen LogP contribution in [0.15, 0.2) is 18.2 Å². The summed E-state index contributed by atoms with van der Waals surface area (Å²) in [4.78, 5) is 22.9. The highest BCUT2D eigenvalue weighted by Crippen LogP contribution is 2.22. The maximum absolute atomic E-state index is 12.1. The van der Waals surface area contributed by atoms with E-state index in [-0.39, 0.29) is 22.2 Å². The zero-order chi connectivity index (χ0) is 16.0. The van der Waals surface area contributed by atoms with Crippen molar-refractivity contribution in [3.63, 3.8) is 0 Å². The lowest BCUT2D eigenvalue weighted by atomic mass is 9.90. The summed E-state index contributed by atoms with van der Waals surface area (Å²) in [5.41, 5.74) is 0.238. The monoisotopic (exact) mass is 312 g/mol. The van der Waals surface area contributed by atoms with Crippen LogP contribution in [0.1, 0.15) is 50.4 Å².